The standard InChI is InChI=1S/C23H34N4O/c1-5-24-23(25-15-21-14-18(3)28-19(21)4)26-22-9-11-27(12-10-22)16-20-8-6-7-17(2)13-20/h6-8,13-14,22H,5,9-12,15-16H2,1-4H3,(H2,24,25,26). The van der Waals surface area contributed by atoms with E-state index in [4.69, 9.17) is 9.41 Å². The van der Waals surface area contributed by atoms with Gasteiger partial charge in [-0.25, -0.2) is 4.99 Å². The zero-order valence-corrected chi connectivity index (χ0v) is 17.7. The Hall–Kier alpha value is -2.27. The van der Waals surface area contributed by atoms with Crippen LogP contribution in [0, 0.1) is 20.8 Å². The lowest BCUT2D eigenvalue weighted by Crippen LogP contribution is -2.48. The third-order valence-electron chi connectivity index (χ3n) is 5.31. The van der Waals surface area contributed by atoms with Crippen molar-refractivity contribution in [1.82, 2.24) is 15.5 Å². The van der Waals surface area contributed by atoms with E-state index in [1.807, 2.05) is 13.8 Å². The van der Waals surface area contributed by atoms with Gasteiger partial charge in [-0.15, -0.1) is 0 Å². The zero-order chi connectivity index (χ0) is 19.9. The van der Waals surface area contributed by atoms with Crippen molar-refractivity contribution in [1.29, 1.82) is 0 Å². The Morgan fingerprint density at radius 2 is 1.96 bits per heavy atom. The van der Waals surface area contributed by atoms with E-state index < -0.39 is 0 Å². The predicted molar refractivity (Wildman–Crippen MR) is 116 cm³/mol. The summed E-state index contributed by atoms with van der Waals surface area (Å²) in [6.45, 7) is 13.0. The summed E-state index contributed by atoms with van der Waals surface area (Å²) in [6.07, 6.45) is 2.28. The number of nitrogens with zero attached hydrogens (tertiary/aromatic N) is 2. The molecule has 0 saturated carbocycles. The summed E-state index contributed by atoms with van der Waals surface area (Å²) in [6, 6.07) is 11.4. The average molecular weight is 383 g/mol. The molecular weight excluding hydrogens is 348 g/mol. The first-order valence-electron chi connectivity index (χ1n) is 10.4. The maximum atomic E-state index is 5.61. The number of likely N-dealkylation sites (tertiary alicyclic amines) is 1. The van der Waals surface area contributed by atoms with Crippen molar-refractivity contribution in [3.63, 3.8) is 0 Å². The van der Waals surface area contributed by atoms with Crippen LogP contribution >= 0.6 is 0 Å². The van der Waals surface area contributed by atoms with Crippen molar-refractivity contribution >= 4 is 5.96 Å². The van der Waals surface area contributed by atoms with Crippen molar-refractivity contribution in [2.75, 3.05) is 19.6 Å². The fourth-order valence-electron chi connectivity index (χ4n) is 3.82. The molecule has 1 aromatic carbocycles. The highest BCUT2D eigenvalue weighted by Crippen LogP contribution is 2.16. The van der Waals surface area contributed by atoms with Gasteiger partial charge in [-0.2, -0.15) is 0 Å². The number of hydrogen-bond acceptors (Lipinski definition) is 3. The van der Waals surface area contributed by atoms with Crippen LogP contribution in [0.4, 0.5) is 0 Å². The zero-order valence-electron chi connectivity index (χ0n) is 17.7. The van der Waals surface area contributed by atoms with Gasteiger partial charge in [0.25, 0.3) is 0 Å². The molecule has 0 atom stereocenters. The average Bonchev–Trinajstić information content (AvgIpc) is 2.99. The minimum absolute atomic E-state index is 0.471. The van der Waals surface area contributed by atoms with Crippen LogP contribution in [0.3, 0.4) is 0 Å². The number of piperidine rings is 1. The summed E-state index contributed by atoms with van der Waals surface area (Å²) in [5.74, 6) is 2.81. The molecule has 0 spiro atoms. The Morgan fingerprint density at radius 3 is 2.61 bits per heavy atom. The summed E-state index contributed by atoms with van der Waals surface area (Å²) in [5, 5.41) is 7.01. The summed E-state index contributed by atoms with van der Waals surface area (Å²) in [7, 11) is 0. The van der Waals surface area contributed by atoms with Gasteiger partial charge >= 0.3 is 0 Å². The van der Waals surface area contributed by atoms with Gasteiger partial charge in [-0.05, 0) is 52.2 Å². The molecule has 2 N–H and O–H groups in total. The fraction of sp³-hybridized carbons (Fsp3) is 0.522. The molecule has 1 aliphatic rings. The minimum atomic E-state index is 0.471. The first-order valence-corrected chi connectivity index (χ1v) is 10.4. The second kappa shape index (κ2) is 9.78. The van der Waals surface area contributed by atoms with Crippen molar-refractivity contribution < 1.29 is 4.42 Å². The molecule has 0 aliphatic carbocycles. The van der Waals surface area contributed by atoms with Gasteiger partial charge in [0.15, 0.2) is 5.96 Å². The smallest absolute Gasteiger partial charge is 0.191 e. The van der Waals surface area contributed by atoms with Gasteiger partial charge in [0, 0.05) is 37.8 Å². The molecule has 2 heterocycles. The van der Waals surface area contributed by atoms with Gasteiger partial charge in [0.1, 0.15) is 11.5 Å². The number of aliphatic imine (C=N–C) groups is 1. The molecule has 0 bridgehead atoms. The first-order chi connectivity index (χ1) is 13.5. The van der Waals surface area contributed by atoms with Crippen LogP contribution in [-0.4, -0.2) is 36.5 Å². The molecule has 0 amide bonds. The Labute approximate surface area is 169 Å². The van der Waals surface area contributed by atoms with Crippen molar-refractivity contribution in [3.05, 3.63) is 58.5 Å². The van der Waals surface area contributed by atoms with E-state index in [1.165, 1.54) is 11.1 Å². The third kappa shape index (κ3) is 5.86. The predicted octanol–water partition coefficient (Wildman–Crippen LogP) is 3.92. The van der Waals surface area contributed by atoms with E-state index in [2.05, 4.69) is 59.7 Å². The monoisotopic (exact) mass is 382 g/mol. The van der Waals surface area contributed by atoms with Crippen LogP contribution in [0.15, 0.2) is 39.7 Å². The maximum absolute atomic E-state index is 5.61. The maximum Gasteiger partial charge on any atom is 0.191 e. The molecule has 1 fully saturated rings. The van der Waals surface area contributed by atoms with Gasteiger partial charge in [0.2, 0.25) is 0 Å². The number of hydrogen-bond donors (Lipinski definition) is 2. The SMILES string of the molecule is CCNC(=NCc1cc(C)oc1C)NC1CCN(Cc2cccc(C)c2)CC1. The van der Waals surface area contributed by atoms with Gasteiger partial charge in [-0.3, -0.25) is 4.90 Å². The quantitative estimate of drug-likeness (QED) is 0.587. The van der Waals surface area contributed by atoms with E-state index in [0.29, 0.717) is 12.6 Å². The molecule has 1 aromatic heterocycles. The highest BCUT2D eigenvalue weighted by molar-refractivity contribution is 5.80. The van der Waals surface area contributed by atoms with Crippen LogP contribution in [0.1, 0.15) is 48.0 Å². The molecule has 0 unspecified atom stereocenters. The van der Waals surface area contributed by atoms with E-state index in [1.54, 1.807) is 0 Å². The van der Waals surface area contributed by atoms with Crippen molar-refractivity contribution in [3.8, 4) is 0 Å². The third-order valence-corrected chi connectivity index (χ3v) is 5.31. The van der Waals surface area contributed by atoms with Crippen molar-refractivity contribution in [2.24, 2.45) is 4.99 Å². The lowest BCUT2D eigenvalue weighted by molar-refractivity contribution is 0.198. The van der Waals surface area contributed by atoms with E-state index >= 15 is 0 Å². The minimum Gasteiger partial charge on any atom is -0.466 e. The molecular formula is C23H34N4O. The second-order valence-corrected chi connectivity index (χ2v) is 7.82. The van der Waals surface area contributed by atoms with Gasteiger partial charge < -0.3 is 15.1 Å². The summed E-state index contributed by atoms with van der Waals surface area (Å²) >= 11 is 0. The number of nitrogens with one attached hydrogen (secondary N) is 2. The van der Waals surface area contributed by atoms with Gasteiger partial charge in [0.05, 0.1) is 6.54 Å². The van der Waals surface area contributed by atoms with E-state index in [-0.39, 0.29) is 0 Å². The Bertz CT molecular complexity index is 788. The Morgan fingerprint density at radius 1 is 1.18 bits per heavy atom. The van der Waals surface area contributed by atoms with E-state index in [0.717, 1.165) is 62.1 Å². The van der Waals surface area contributed by atoms with Crippen LogP contribution in [-0.2, 0) is 13.1 Å². The summed E-state index contributed by atoms with van der Waals surface area (Å²) in [4.78, 5) is 7.32. The number of guanidine groups is 1. The number of furan rings is 1. The number of rotatable bonds is 6. The largest absolute Gasteiger partial charge is 0.466 e. The fourth-order valence-corrected chi connectivity index (χ4v) is 3.82. The lowest BCUT2D eigenvalue weighted by Gasteiger charge is -2.33. The molecule has 1 saturated heterocycles. The highest BCUT2D eigenvalue weighted by atomic mass is 16.3. The van der Waals surface area contributed by atoms with Crippen LogP contribution < -0.4 is 10.6 Å². The van der Waals surface area contributed by atoms with Crippen molar-refractivity contribution in [2.45, 2.75) is 59.7 Å². The topological polar surface area (TPSA) is 52.8 Å². The molecule has 5 nitrogen and oxygen atoms in total. The Kier molecular flexibility index (Phi) is 7.15. The second-order valence-electron chi connectivity index (χ2n) is 7.82. The lowest BCUT2D eigenvalue weighted by atomic mass is 10.0. The highest BCUT2D eigenvalue weighted by Gasteiger charge is 2.20. The molecule has 3 rings (SSSR count). The van der Waals surface area contributed by atoms with E-state index in [9.17, 15) is 0 Å². The Balaban J connectivity index is 1.50. The van der Waals surface area contributed by atoms with Crippen LogP contribution in [0.25, 0.3) is 0 Å². The molecule has 1 aliphatic heterocycles. The summed E-state index contributed by atoms with van der Waals surface area (Å²) in [5.41, 5.74) is 3.90. The normalized spacial score (nSPS) is 16.4. The molecule has 5 heteroatoms. The molecule has 0 radical (unpaired) electrons. The number of aryl methyl sites for hydroxylation is 3. The number of benzene rings is 1. The van der Waals surface area contributed by atoms with Crippen LogP contribution in [0.2, 0.25) is 0 Å². The van der Waals surface area contributed by atoms with Crippen LogP contribution in [0.5, 0.6) is 0 Å². The molecule has 28 heavy (non-hydrogen) atoms. The first kappa shape index (κ1) is 20.5. The summed E-state index contributed by atoms with van der Waals surface area (Å²) < 4.78 is 5.61. The van der Waals surface area contributed by atoms with Gasteiger partial charge in [-0.1, -0.05) is 29.8 Å². The molecule has 2 aromatic rings. The molecule has 152 valence electrons.